The molecule has 1 heterocycles. The van der Waals surface area contributed by atoms with Gasteiger partial charge in [-0.25, -0.2) is 0 Å². The average molecular weight is 299 g/mol. The molecule has 0 radical (unpaired) electrons. The molecule has 0 N–H and O–H groups in total. The van der Waals surface area contributed by atoms with Gasteiger partial charge in [0, 0.05) is 17.8 Å². The van der Waals surface area contributed by atoms with Gasteiger partial charge in [0.1, 0.15) is 5.75 Å². The van der Waals surface area contributed by atoms with Crippen LogP contribution >= 0.6 is 0 Å². The maximum atomic E-state index is 5.77. The lowest BCUT2D eigenvalue weighted by atomic mass is 10.1. The van der Waals surface area contributed by atoms with E-state index in [2.05, 4.69) is 68.1 Å². The highest BCUT2D eigenvalue weighted by Gasteiger charge is 2.17. The average Bonchev–Trinajstić information content (AvgIpc) is 2.57. The second-order valence-corrected chi connectivity index (χ2v) is 5.13. The fourth-order valence-corrected chi connectivity index (χ4v) is 2.18. The molecular weight excluding hydrogens is 270 g/mol. The van der Waals surface area contributed by atoms with Crippen molar-refractivity contribution < 1.29 is 4.74 Å². The van der Waals surface area contributed by atoms with Crippen LogP contribution in [0.3, 0.4) is 0 Å². The van der Waals surface area contributed by atoms with Crippen molar-refractivity contribution in [2.24, 2.45) is 0 Å². The molecule has 0 saturated heterocycles. The summed E-state index contributed by atoms with van der Waals surface area (Å²) in [7, 11) is 0. The van der Waals surface area contributed by atoms with Gasteiger partial charge in [0.15, 0.2) is 6.73 Å². The van der Waals surface area contributed by atoms with Crippen LogP contribution in [-0.2, 0) is 6.54 Å². The summed E-state index contributed by atoms with van der Waals surface area (Å²) in [5, 5.41) is 0. The summed E-state index contributed by atoms with van der Waals surface area (Å²) < 4.78 is 5.77. The van der Waals surface area contributed by atoms with Crippen molar-refractivity contribution >= 4 is 5.69 Å². The summed E-state index contributed by atoms with van der Waals surface area (Å²) >= 11 is 0. The molecule has 1 aliphatic heterocycles. The molecule has 0 spiro atoms. The van der Waals surface area contributed by atoms with Crippen LogP contribution in [0.1, 0.15) is 45.2 Å². The number of anilines is 1. The van der Waals surface area contributed by atoms with E-state index < -0.39 is 0 Å². The zero-order valence-electron chi connectivity index (χ0n) is 14.6. The summed E-state index contributed by atoms with van der Waals surface area (Å²) in [6.07, 6.45) is 1.25. The van der Waals surface area contributed by atoms with Crippen LogP contribution < -0.4 is 9.64 Å². The highest BCUT2D eigenvalue weighted by atomic mass is 16.5. The van der Waals surface area contributed by atoms with E-state index in [1.54, 1.807) is 0 Å². The third-order valence-corrected chi connectivity index (χ3v) is 3.07. The second kappa shape index (κ2) is 9.88. The van der Waals surface area contributed by atoms with Crippen LogP contribution in [0.4, 0.5) is 5.69 Å². The Morgan fingerprint density at radius 1 is 1.00 bits per heavy atom. The number of hydrogen-bond acceptors (Lipinski definition) is 2. The smallest absolute Gasteiger partial charge is 0.161 e. The number of hydrogen-bond donors (Lipinski definition) is 0. The van der Waals surface area contributed by atoms with Gasteiger partial charge in [0.2, 0.25) is 0 Å². The number of para-hydroxylation sites is 1. The Labute approximate surface area is 135 Å². The van der Waals surface area contributed by atoms with E-state index in [-0.39, 0.29) is 0 Å². The monoisotopic (exact) mass is 299 g/mol. The Bertz CT molecular complexity index is 537. The van der Waals surface area contributed by atoms with Crippen LogP contribution in [0.15, 0.2) is 48.5 Å². The number of rotatable bonds is 1. The SMILES string of the molecule is CC.CCC.Cc1ccc2c(c1)CN(c1ccccc1)CO2. The lowest BCUT2D eigenvalue weighted by Crippen LogP contribution is -2.31. The summed E-state index contributed by atoms with van der Waals surface area (Å²) in [4.78, 5) is 2.24. The molecule has 2 aromatic carbocycles. The third kappa shape index (κ3) is 5.10. The lowest BCUT2D eigenvalue weighted by Gasteiger charge is -2.30. The number of ether oxygens (including phenoxy) is 1. The maximum Gasteiger partial charge on any atom is 0.161 e. The molecule has 0 fully saturated rings. The molecule has 120 valence electrons. The first-order chi connectivity index (χ1) is 10.7. The Morgan fingerprint density at radius 3 is 2.27 bits per heavy atom. The van der Waals surface area contributed by atoms with Gasteiger partial charge in [-0.2, -0.15) is 0 Å². The Kier molecular flexibility index (Phi) is 8.13. The molecule has 0 saturated carbocycles. The van der Waals surface area contributed by atoms with Gasteiger partial charge in [-0.3, -0.25) is 0 Å². The minimum atomic E-state index is 0.625. The van der Waals surface area contributed by atoms with E-state index in [1.165, 1.54) is 23.2 Å². The molecule has 1 aliphatic rings. The minimum absolute atomic E-state index is 0.625. The zero-order chi connectivity index (χ0) is 16.4. The highest BCUT2D eigenvalue weighted by Crippen LogP contribution is 2.28. The molecule has 2 aromatic rings. The van der Waals surface area contributed by atoms with Gasteiger partial charge in [0.05, 0.1) is 0 Å². The molecule has 0 bridgehead atoms. The van der Waals surface area contributed by atoms with E-state index in [0.29, 0.717) is 6.73 Å². The van der Waals surface area contributed by atoms with Crippen LogP contribution in [0.25, 0.3) is 0 Å². The first kappa shape index (κ1) is 18.1. The summed E-state index contributed by atoms with van der Waals surface area (Å²) in [6, 6.07) is 16.7. The quantitative estimate of drug-likeness (QED) is 0.660. The van der Waals surface area contributed by atoms with Crippen LogP contribution in [0.5, 0.6) is 5.75 Å². The third-order valence-electron chi connectivity index (χ3n) is 3.07. The number of nitrogens with zero attached hydrogens (tertiary/aromatic N) is 1. The van der Waals surface area contributed by atoms with Crippen molar-refractivity contribution in [3.05, 3.63) is 59.7 Å². The highest BCUT2D eigenvalue weighted by molar-refractivity contribution is 5.50. The topological polar surface area (TPSA) is 12.5 Å². The van der Waals surface area contributed by atoms with E-state index in [0.717, 1.165) is 12.3 Å². The fraction of sp³-hybridized carbons (Fsp3) is 0.400. The first-order valence-corrected chi connectivity index (χ1v) is 8.27. The predicted octanol–water partition coefficient (Wildman–Crippen LogP) is 5.79. The van der Waals surface area contributed by atoms with Gasteiger partial charge >= 0.3 is 0 Å². The van der Waals surface area contributed by atoms with E-state index in [4.69, 9.17) is 4.74 Å². The van der Waals surface area contributed by atoms with Crippen molar-refractivity contribution in [1.29, 1.82) is 0 Å². The van der Waals surface area contributed by atoms with Crippen molar-refractivity contribution in [3.63, 3.8) is 0 Å². The molecule has 0 aliphatic carbocycles. The molecular formula is C20H29NO. The largest absolute Gasteiger partial charge is 0.473 e. The molecule has 2 nitrogen and oxygen atoms in total. The molecule has 0 amide bonds. The van der Waals surface area contributed by atoms with E-state index in [1.807, 2.05) is 19.9 Å². The summed E-state index contributed by atoms with van der Waals surface area (Å²) in [5.41, 5.74) is 3.75. The molecule has 0 aromatic heterocycles. The standard InChI is InChI=1S/C15H15NO.C3H8.C2H6/c1-12-7-8-15-13(9-12)10-16(11-17-15)14-5-3-2-4-6-14;1-3-2;1-2/h2-9H,10-11H2,1H3;3H2,1-2H3;1-2H3. The Hall–Kier alpha value is -1.96. The van der Waals surface area contributed by atoms with Crippen molar-refractivity contribution in [2.45, 2.75) is 47.6 Å². The van der Waals surface area contributed by atoms with Crippen molar-refractivity contribution in [2.75, 3.05) is 11.6 Å². The summed E-state index contributed by atoms with van der Waals surface area (Å²) in [5.74, 6) is 1.02. The van der Waals surface area contributed by atoms with Crippen LogP contribution in [0.2, 0.25) is 0 Å². The molecule has 2 heteroatoms. The maximum absolute atomic E-state index is 5.77. The second-order valence-electron chi connectivity index (χ2n) is 5.13. The zero-order valence-corrected chi connectivity index (χ0v) is 14.6. The molecule has 0 unspecified atom stereocenters. The molecule has 3 rings (SSSR count). The van der Waals surface area contributed by atoms with E-state index >= 15 is 0 Å². The van der Waals surface area contributed by atoms with Gasteiger partial charge < -0.3 is 9.64 Å². The number of benzene rings is 2. The normalized spacial score (nSPS) is 12.0. The molecule has 0 atom stereocenters. The number of fused-ring (bicyclic) bond motifs is 1. The fourth-order valence-electron chi connectivity index (χ4n) is 2.18. The lowest BCUT2D eigenvalue weighted by molar-refractivity contribution is 0.289. The summed E-state index contributed by atoms with van der Waals surface area (Å²) in [6.45, 7) is 11.9. The minimum Gasteiger partial charge on any atom is -0.473 e. The number of aryl methyl sites for hydroxylation is 1. The van der Waals surface area contributed by atoms with Gasteiger partial charge in [-0.05, 0) is 25.1 Å². The van der Waals surface area contributed by atoms with Crippen LogP contribution in [0, 0.1) is 6.92 Å². The first-order valence-electron chi connectivity index (χ1n) is 8.27. The molecule has 22 heavy (non-hydrogen) atoms. The van der Waals surface area contributed by atoms with Gasteiger partial charge in [0.25, 0.3) is 0 Å². The van der Waals surface area contributed by atoms with Gasteiger partial charge in [-0.1, -0.05) is 70.0 Å². The Morgan fingerprint density at radius 2 is 1.64 bits per heavy atom. The van der Waals surface area contributed by atoms with Crippen molar-refractivity contribution in [3.8, 4) is 5.75 Å². The predicted molar refractivity (Wildman–Crippen MR) is 96.6 cm³/mol. The van der Waals surface area contributed by atoms with Crippen LogP contribution in [-0.4, -0.2) is 6.73 Å². The Balaban J connectivity index is 0.000000435. The van der Waals surface area contributed by atoms with Crippen molar-refractivity contribution in [1.82, 2.24) is 0 Å². The van der Waals surface area contributed by atoms with Gasteiger partial charge in [-0.15, -0.1) is 0 Å². The van der Waals surface area contributed by atoms with E-state index in [9.17, 15) is 0 Å².